The van der Waals surface area contributed by atoms with E-state index in [9.17, 15) is 4.55 Å². The molecule has 0 amide bonds. The maximum atomic E-state index is 11.7. The Labute approximate surface area is 108 Å². The average Bonchev–Trinajstić information content (AvgIpc) is 2.18. The van der Waals surface area contributed by atoms with Gasteiger partial charge in [0.25, 0.3) is 0 Å². The van der Waals surface area contributed by atoms with Gasteiger partial charge in [0.1, 0.15) is 22.3 Å². The van der Waals surface area contributed by atoms with Crippen molar-refractivity contribution in [3.05, 3.63) is 28.0 Å². The summed E-state index contributed by atoms with van der Waals surface area (Å²) < 4.78 is 16.3. The van der Waals surface area contributed by atoms with E-state index in [0.29, 0.717) is 0 Å². The third kappa shape index (κ3) is 3.88. The van der Waals surface area contributed by atoms with E-state index in [1.54, 1.807) is 12.4 Å². The standard InChI is InChI=1S/C11H15BrN2OS/c1-8-5-9(13-7-10(8)12)6-14-16(15)11(2,3)4/h5-7H,1-4H3/t16-/m0/s1. The van der Waals surface area contributed by atoms with Crippen LogP contribution in [0.4, 0.5) is 0 Å². The molecule has 0 radical (unpaired) electrons. The van der Waals surface area contributed by atoms with Gasteiger partial charge < -0.3 is 4.55 Å². The van der Waals surface area contributed by atoms with Gasteiger partial charge >= 0.3 is 0 Å². The van der Waals surface area contributed by atoms with Crippen molar-refractivity contribution < 1.29 is 4.55 Å². The third-order valence-corrected chi connectivity index (χ3v) is 4.05. The molecule has 1 atom stereocenters. The Morgan fingerprint density at radius 1 is 1.50 bits per heavy atom. The normalized spacial score (nSPS) is 14.4. The fourth-order valence-corrected chi connectivity index (χ4v) is 1.63. The van der Waals surface area contributed by atoms with Gasteiger partial charge in [-0.05, 0) is 55.3 Å². The molecular weight excluding hydrogens is 288 g/mol. The van der Waals surface area contributed by atoms with E-state index in [1.165, 1.54) is 0 Å². The third-order valence-electron chi connectivity index (χ3n) is 1.87. The molecule has 0 N–H and O–H groups in total. The number of aryl methyl sites for hydroxylation is 1. The van der Waals surface area contributed by atoms with Gasteiger partial charge in [-0.25, -0.2) is 0 Å². The van der Waals surface area contributed by atoms with Crippen LogP contribution in [0, 0.1) is 6.92 Å². The first-order chi connectivity index (χ1) is 7.30. The Hall–Kier alpha value is -0.390. The first kappa shape index (κ1) is 13.7. The number of pyridine rings is 1. The Kier molecular flexibility index (Phi) is 4.52. The van der Waals surface area contributed by atoms with Crippen LogP contribution < -0.4 is 0 Å². The molecule has 0 aromatic carbocycles. The lowest BCUT2D eigenvalue weighted by Crippen LogP contribution is -2.25. The fraction of sp³-hybridized carbons (Fsp3) is 0.455. The molecule has 0 spiro atoms. The van der Waals surface area contributed by atoms with E-state index in [0.717, 1.165) is 15.7 Å². The minimum Gasteiger partial charge on any atom is -0.591 e. The van der Waals surface area contributed by atoms with Crippen LogP contribution in [-0.4, -0.2) is 20.5 Å². The molecule has 0 aliphatic carbocycles. The zero-order valence-corrected chi connectivity index (χ0v) is 12.2. The van der Waals surface area contributed by atoms with E-state index >= 15 is 0 Å². The molecule has 1 aromatic rings. The second kappa shape index (κ2) is 5.29. The number of rotatable bonds is 2. The summed E-state index contributed by atoms with van der Waals surface area (Å²) in [7, 11) is 0. The number of hydrogen-bond acceptors (Lipinski definition) is 3. The molecule has 1 rings (SSSR count). The zero-order valence-electron chi connectivity index (χ0n) is 9.82. The van der Waals surface area contributed by atoms with Crippen LogP contribution in [0.2, 0.25) is 0 Å². The first-order valence-corrected chi connectivity index (χ1v) is 6.79. The number of halogens is 1. The Balaban J connectivity index is 2.81. The summed E-state index contributed by atoms with van der Waals surface area (Å²) in [5, 5.41) is 0. The molecule has 0 saturated heterocycles. The molecule has 0 saturated carbocycles. The summed E-state index contributed by atoms with van der Waals surface area (Å²) >= 11 is 2.14. The van der Waals surface area contributed by atoms with Crippen molar-refractivity contribution in [3.63, 3.8) is 0 Å². The minimum absolute atomic E-state index is 0.332. The topological polar surface area (TPSA) is 48.3 Å². The highest BCUT2D eigenvalue weighted by molar-refractivity contribution is 9.10. The molecule has 0 aliphatic heterocycles. The van der Waals surface area contributed by atoms with E-state index in [-0.39, 0.29) is 4.75 Å². The van der Waals surface area contributed by atoms with E-state index in [2.05, 4.69) is 25.3 Å². The van der Waals surface area contributed by atoms with Gasteiger partial charge in [-0.3, -0.25) is 4.98 Å². The predicted molar refractivity (Wildman–Crippen MR) is 72.2 cm³/mol. The number of aromatic nitrogens is 1. The predicted octanol–water partition coefficient (Wildman–Crippen LogP) is 3.03. The number of hydrogen-bond donors (Lipinski definition) is 0. The summed E-state index contributed by atoms with van der Waals surface area (Å²) in [6.07, 6.45) is 3.28. The smallest absolute Gasteiger partial charge is 0.144 e. The lowest BCUT2D eigenvalue weighted by molar-refractivity contribution is 0.562. The molecule has 0 unspecified atom stereocenters. The van der Waals surface area contributed by atoms with Crippen LogP contribution in [0.5, 0.6) is 0 Å². The maximum absolute atomic E-state index is 11.7. The molecule has 0 bridgehead atoms. The van der Waals surface area contributed by atoms with Crippen LogP contribution in [0.3, 0.4) is 0 Å². The monoisotopic (exact) mass is 302 g/mol. The molecule has 0 aliphatic rings. The van der Waals surface area contributed by atoms with Crippen LogP contribution >= 0.6 is 15.9 Å². The van der Waals surface area contributed by atoms with Gasteiger partial charge in [0.2, 0.25) is 0 Å². The summed E-state index contributed by atoms with van der Waals surface area (Å²) in [5.41, 5.74) is 1.80. The van der Waals surface area contributed by atoms with Crippen molar-refractivity contribution >= 4 is 33.5 Å². The molecule has 88 valence electrons. The second-order valence-electron chi connectivity index (χ2n) is 4.45. The fourth-order valence-electron chi connectivity index (χ4n) is 0.892. The van der Waals surface area contributed by atoms with Crippen LogP contribution in [-0.2, 0) is 11.4 Å². The minimum atomic E-state index is -1.23. The lowest BCUT2D eigenvalue weighted by Gasteiger charge is -2.17. The van der Waals surface area contributed by atoms with E-state index < -0.39 is 11.4 Å². The van der Waals surface area contributed by atoms with Crippen molar-refractivity contribution in [2.45, 2.75) is 32.4 Å². The van der Waals surface area contributed by atoms with Crippen molar-refractivity contribution in [1.29, 1.82) is 0 Å². The van der Waals surface area contributed by atoms with Gasteiger partial charge in [-0.2, -0.15) is 0 Å². The van der Waals surface area contributed by atoms with E-state index in [1.807, 2.05) is 33.8 Å². The van der Waals surface area contributed by atoms with Crippen LogP contribution in [0.1, 0.15) is 32.0 Å². The van der Waals surface area contributed by atoms with Gasteiger partial charge in [-0.15, -0.1) is 0 Å². The summed E-state index contributed by atoms with van der Waals surface area (Å²) in [6, 6.07) is 1.90. The van der Waals surface area contributed by atoms with Gasteiger partial charge in [0, 0.05) is 10.7 Å². The van der Waals surface area contributed by atoms with Crippen LogP contribution in [0.15, 0.2) is 21.1 Å². The maximum Gasteiger partial charge on any atom is 0.144 e. The zero-order chi connectivity index (χ0) is 12.3. The highest BCUT2D eigenvalue weighted by Gasteiger charge is 2.25. The van der Waals surface area contributed by atoms with E-state index in [4.69, 9.17) is 0 Å². The summed E-state index contributed by atoms with van der Waals surface area (Å²) in [5.74, 6) is 0. The van der Waals surface area contributed by atoms with Gasteiger partial charge in [0.15, 0.2) is 0 Å². The second-order valence-corrected chi connectivity index (χ2v) is 7.24. The van der Waals surface area contributed by atoms with Crippen molar-refractivity contribution in [3.8, 4) is 0 Å². The Morgan fingerprint density at radius 2 is 2.12 bits per heavy atom. The highest BCUT2D eigenvalue weighted by atomic mass is 79.9. The van der Waals surface area contributed by atoms with Crippen molar-refractivity contribution in [2.75, 3.05) is 0 Å². The first-order valence-electron chi connectivity index (χ1n) is 4.89. The largest absolute Gasteiger partial charge is 0.591 e. The van der Waals surface area contributed by atoms with Crippen LogP contribution in [0.25, 0.3) is 0 Å². The lowest BCUT2D eigenvalue weighted by atomic mass is 10.2. The van der Waals surface area contributed by atoms with Gasteiger partial charge in [-0.1, -0.05) is 4.40 Å². The SMILES string of the molecule is Cc1cc(C=N[S@@+]([O-])C(C)(C)C)ncc1Br. The Morgan fingerprint density at radius 3 is 2.62 bits per heavy atom. The molecule has 3 nitrogen and oxygen atoms in total. The molecular formula is C11H15BrN2OS. The summed E-state index contributed by atoms with van der Waals surface area (Å²) in [6.45, 7) is 7.64. The average molecular weight is 303 g/mol. The molecule has 5 heteroatoms. The van der Waals surface area contributed by atoms with Crippen molar-refractivity contribution in [2.24, 2.45) is 4.40 Å². The van der Waals surface area contributed by atoms with Crippen molar-refractivity contribution in [1.82, 2.24) is 4.98 Å². The Bertz CT molecular complexity index is 401. The number of nitrogens with zero attached hydrogens (tertiary/aromatic N) is 2. The van der Waals surface area contributed by atoms with Gasteiger partial charge in [0.05, 0.1) is 5.69 Å². The molecule has 0 fully saturated rings. The molecule has 16 heavy (non-hydrogen) atoms. The highest BCUT2D eigenvalue weighted by Crippen LogP contribution is 2.17. The summed E-state index contributed by atoms with van der Waals surface area (Å²) in [4.78, 5) is 4.16. The molecule has 1 aromatic heterocycles. The quantitative estimate of drug-likeness (QED) is 0.623. The molecule has 1 heterocycles.